The van der Waals surface area contributed by atoms with Crippen molar-refractivity contribution >= 4 is 0 Å². The molecule has 4 nitrogen and oxygen atoms in total. The maximum atomic E-state index is 12.8. The number of nitrogens with one attached hydrogen (secondary N) is 1. The molecular formula is C14H16FN3O. The van der Waals surface area contributed by atoms with Crippen LogP contribution in [-0.4, -0.2) is 22.6 Å². The van der Waals surface area contributed by atoms with E-state index >= 15 is 0 Å². The van der Waals surface area contributed by atoms with E-state index in [4.69, 9.17) is 4.42 Å². The summed E-state index contributed by atoms with van der Waals surface area (Å²) in [7, 11) is 0. The first-order valence-electron chi connectivity index (χ1n) is 6.53. The van der Waals surface area contributed by atoms with E-state index in [2.05, 4.69) is 22.2 Å². The Morgan fingerprint density at radius 1 is 1.32 bits per heavy atom. The number of aromatic nitrogens is 2. The van der Waals surface area contributed by atoms with Gasteiger partial charge in [-0.15, -0.1) is 0 Å². The second kappa shape index (κ2) is 5.09. The Kier molecular flexibility index (Phi) is 3.29. The zero-order valence-corrected chi connectivity index (χ0v) is 10.8. The Hall–Kier alpha value is -1.75. The number of hydrogen-bond acceptors (Lipinski definition) is 4. The van der Waals surface area contributed by atoms with Crippen LogP contribution in [0.4, 0.5) is 4.39 Å². The van der Waals surface area contributed by atoms with E-state index in [1.807, 2.05) is 0 Å². The molecule has 2 atom stereocenters. The fourth-order valence-corrected chi connectivity index (χ4v) is 2.33. The minimum absolute atomic E-state index is 0.311. The summed E-state index contributed by atoms with van der Waals surface area (Å²) in [6.07, 6.45) is 4.98. The quantitative estimate of drug-likeness (QED) is 0.903. The number of nitrogens with zero attached hydrogens (tertiary/aromatic N) is 2. The molecule has 2 aromatic heterocycles. The smallest absolute Gasteiger partial charge is 0.199 e. The summed E-state index contributed by atoms with van der Waals surface area (Å²) in [5.41, 5.74) is 1.29. The maximum absolute atomic E-state index is 12.8. The van der Waals surface area contributed by atoms with Gasteiger partial charge >= 0.3 is 0 Å². The predicted molar refractivity (Wildman–Crippen MR) is 69.1 cm³/mol. The summed E-state index contributed by atoms with van der Waals surface area (Å²) >= 11 is 0. The van der Waals surface area contributed by atoms with Gasteiger partial charge in [-0.1, -0.05) is 0 Å². The average Bonchev–Trinajstić information content (AvgIpc) is 2.90. The van der Waals surface area contributed by atoms with Gasteiger partial charge in [0.05, 0.1) is 11.9 Å². The molecule has 0 radical (unpaired) electrons. The Morgan fingerprint density at radius 3 is 2.89 bits per heavy atom. The maximum Gasteiger partial charge on any atom is 0.199 e. The van der Waals surface area contributed by atoms with E-state index < -0.39 is 0 Å². The normalized spacial score (nSPS) is 23.5. The van der Waals surface area contributed by atoms with Crippen molar-refractivity contribution in [3.8, 4) is 11.4 Å². The Bertz CT molecular complexity index is 544. The van der Waals surface area contributed by atoms with Gasteiger partial charge in [-0.05, 0) is 31.9 Å². The van der Waals surface area contributed by atoms with Gasteiger partial charge in [0, 0.05) is 18.5 Å². The Balaban J connectivity index is 1.77. The van der Waals surface area contributed by atoms with Gasteiger partial charge in [0.25, 0.3) is 0 Å². The number of piperidine rings is 1. The van der Waals surface area contributed by atoms with Gasteiger partial charge < -0.3 is 9.73 Å². The standard InChI is InChI=1S/C14H16FN3O/c1-9-2-3-10(6-16-9)14-18-13(8-19-14)12-5-4-11(15)7-17-12/h4-5,7-10,16H,2-3,6H2,1H3/t9-,10+/m1/s1. The monoisotopic (exact) mass is 261 g/mol. The molecule has 2 aromatic rings. The minimum Gasteiger partial charge on any atom is -0.448 e. The van der Waals surface area contributed by atoms with Crippen molar-refractivity contribution in [2.45, 2.75) is 31.7 Å². The number of hydrogen-bond donors (Lipinski definition) is 1. The first-order valence-corrected chi connectivity index (χ1v) is 6.53. The zero-order valence-electron chi connectivity index (χ0n) is 10.8. The summed E-state index contributed by atoms with van der Waals surface area (Å²) in [5, 5.41) is 3.42. The lowest BCUT2D eigenvalue weighted by Crippen LogP contribution is -2.35. The lowest BCUT2D eigenvalue weighted by molar-refractivity contribution is 0.335. The van der Waals surface area contributed by atoms with Crippen LogP contribution in [0.2, 0.25) is 0 Å². The molecule has 0 saturated carbocycles. The summed E-state index contributed by atoms with van der Waals surface area (Å²) in [6, 6.07) is 3.54. The summed E-state index contributed by atoms with van der Waals surface area (Å²) in [6.45, 7) is 3.07. The topological polar surface area (TPSA) is 51.0 Å². The van der Waals surface area contributed by atoms with E-state index in [-0.39, 0.29) is 5.82 Å². The molecule has 1 aliphatic rings. The molecule has 19 heavy (non-hydrogen) atoms. The van der Waals surface area contributed by atoms with Gasteiger partial charge in [-0.25, -0.2) is 9.37 Å². The van der Waals surface area contributed by atoms with E-state index in [1.165, 1.54) is 12.3 Å². The molecule has 1 aliphatic heterocycles. The largest absolute Gasteiger partial charge is 0.448 e. The van der Waals surface area contributed by atoms with Crippen molar-refractivity contribution in [2.24, 2.45) is 0 Å². The highest BCUT2D eigenvalue weighted by atomic mass is 19.1. The highest BCUT2D eigenvalue weighted by molar-refractivity contribution is 5.51. The van der Waals surface area contributed by atoms with Crippen LogP contribution in [0.5, 0.6) is 0 Å². The molecule has 0 aromatic carbocycles. The first-order chi connectivity index (χ1) is 9.22. The van der Waals surface area contributed by atoms with Crippen LogP contribution < -0.4 is 5.32 Å². The molecule has 5 heteroatoms. The molecule has 0 spiro atoms. The molecule has 0 aliphatic carbocycles. The van der Waals surface area contributed by atoms with Crippen LogP contribution in [0.15, 0.2) is 29.0 Å². The SMILES string of the molecule is C[C@@H]1CC[C@H](c2nc(-c3ccc(F)cn3)co2)CN1. The average molecular weight is 261 g/mol. The van der Waals surface area contributed by atoms with Gasteiger partial charge in [0.15, 0.2) is 5.89 Å². The van der Waals surface area contributed by atoms with E-state index in [0.29, 0.717) is 23.3 Å². The van der Waals surface area contributed by atoms with Crippen molar-refractivity contribution in [1.29, 1.82) is 0 Å². The van der Waals surface area contributed by atoms with Crippen LogP contribution >= 0.6 is 0 Å². The summed E-state index contributed by atoms with van der Waals surface area (Å²) < 4.78 is 18.4. The lowest BCUT2D eigenvalue weighted by atomic mass is 9.95. The predicted octanol–water partition coefficient (Wildman–Crippen LogP) is 2.73. The van der Waals surface area contributed by atoms with Crippen LogP contribution in [0.25, 0.3) is 11.4 Å². The van der Waals surface area contributed by atoms with Gasteiger partial charge in [-0.3, -0.25) is 4.98 Å². The molecule has 1 saturated heterocycles. The number of halogens is 1. The second-order valence-electron chi connectivity index (χ2n) is 5.02. The highest BCUT2D eigenvalue weighted by Gasteiger charge is 2.23. The highest BCUT2D eigenvalue weighted by Crippen LogP contribution is 2.26. The van der Waals surface area contributed by atoms with Crippen LogP contribution in [0, 0.1) is 5.82 Å². The Morgan fingerprint density at radius 2 is 2.21 bits per heavy atom. The van der Waals surface area contributed by atoms with Crippen LogP contribution in [0.1, 0.15) is 31.6 Å². The molecule has 100 valence electrons. The molecule has 1 N–H and O–H groups in total. The van der Waals surface area contributed by atoms with Crippen LogP contribution in [0.3, 0.4) is 0 Å². The third-order valence-corrected chi connectivity index (χ3v) is 3.52. The van der Waals surface area contributed by atoms with Crippen molar-refractivity contribution in [2.75, 3.05) is 6.54 Å². The molecule has 3 heterocycles. The van der Waals surface area contributed by atoms with Crippen molar-refractivity contribution in [3.05, 3.63) is 36.3 Å². The van der Waals surface area contributed by atoms with Gasteiger partial charge in [0.1, 0.15) is 17.8 Å². The molecule has 3 rings (SSSR count). The third-order valence-electron chi connectivity index (χ3n) is 3.52. The molecular weight excluding hydrogens is 245 g/mol. The third kappa shape index (κ3) is 2.66. The fraction of sp³-hybridized carbons (Fsp3) is 0.429. The number of pyridine rings is 1. The fourth-order valence-electron chi connectivity index (χ4n) is 2.33. The van der Waals surface area contributed by atoms with Crippen molar-refractivity contribution in [3.63, 3.8) is 0 Å². The summed E-state index contributed by atoms with van der Waals surface area (Å²) in [4.78, 5) is 8.47. The van der Waals surface area contributed by atoms with Crippen molar-refractivity contribution in [1.82, 2.24) is 15.3 Å². The second-order valence-corrected chi connectivity index (χ2v) is 5.02. The van der Waals surface area contributed by atoms with E-state index in [9.17, 15) is 4.39 Å². The van der Waals surface area contributed by atoms with Crippen LogP contribution in [-0.2, 0) is 0 Å². The minimum atomic E-state index is -0.349. The number of rotatable bonds is 2. The zero-order chi connectivity index (χ0) is 13.2. The van der Waals surface area contributed by atoms with E-state index in [1.54, 1.807) is 12.3 Å². The van der Waals surface area contributed by atoms with Gasteiger partial charge in [-0.2, -0.15) is 0 Å². The Labute approximate surface area is 111 Å². The first kappa shape index (κ1) is 12.3. The molecule has 0 bridgehead atoms. The van der Waals surface area contributed by atoms with Crippen molar-refractivity contribution < 1.29 is 8.81 Å². The lowest BCUT2D eigenvalue weighted by Gasteiger charge is -2.25. The molecule has 1 fully saturated rings. The summed E-state index contributed by atoms with van der Waals surface area (Å²) in [5.74, 6) is 0.698. The number of oxazole rings is 1. The molecule has 0 unspecified atom stereocenters. The van der Waals surface area contributed by atoms with E-state index in [0.717, 1.165) is 25.3 Å². The molecule has 0 amide bonds. The van der Waals surface area contributed by atoms with Gasteiger partial charge in [0.2, 0.25) is 0 Å².